The minimum absolute atomic E-state index is 0.108. The van der Waals surface area contributed by atoms with Crippen molar-refractivity contribution < 1.29 is 32.6 Å². The van der Waals surface area contributed by atoms with E-state index in [1.165, 1.54) is 36.4 Å². The van der Waals surface area contributed by atoms with Crippen LogP contribution < -0.4 is 9.75 Å². The van der Waals surface area contributed by atoms with Crippen LogP contribution in [0.5, 0.6) is 5.75 Å². The zero-order valence-corrected chi connectivity index (χ0v) is 17.5. The molecule has 9 heteroatoms. The number of para-hydroxylation sites is 1. The number of halogens is 3. The van der Waals surface area contributed by atoms with E-state index in [0.29, 0.717) is 16.9 Å². The van der Waals surface area contributed by atoms with Crippen LogP contribution in [0.15, 0.2) is 89.5 Å². The van der Waals surface area contributed by atoms with Gasteiger partial charge in [-0.15, -0.1) is 0 Å². The van der Waals surface area contributed by atoms with Crippen LogP contribution >= 0.6 is 0 Å². The van der Waals surface area contributed by atoms with Gasteiger partial charge in [0.25, 0.3) is 5.91 Å². The van der Waals surface area contributed by atoms with Gasteiger partial charge in [-0.25, -0.2) is 4.79 Å². The minimum atomic E-state index is -4.81. The number of hydrogen-bond acceptors (Lipinski definition) is 4. The van der Waals surface area contributed by atoms with E-state index in [-0.39, 0.29) is 17.9 Å². The van der Waals surface area contributed by atoms with Crippen molar-refractivity contribution in [1.82, 2.24) is 0 Å². The summed E-state index contributed by atoms with van der Waals surface area (Å²) in [5, 5.41) is 13.3. The Labute approximate surface area is 192 Å². The summed E-state index contributed by atoms with van der Waals surface area (Å²) in [5.74, 6) is -1.50. The van der Waals surface area contributed by atoms with Gasteiger partial charge < -0.3 is 9.84 Å². The minimum Gasteiger partial charge on any atom is -0.489 e. The molecule has 4 rings (SSSR count). The number of carbonyl (C=O) groups excluding carboxylic acids is 1. The SMILES string of the molecule is O=C(O)c1cccc(COc2ccc(/C=C3\C(=O)N(c4ccccc4)N=C3C(F)(F)F)cc2)c1. The Kier molecular flexibility index (Phi) is 6.18. The molecule has 0 aliphatic carbocycles. The van der Waals surface area contributed by atoms with E-state index in [1.54, 1.807) is 42.5 Å². The molecule has 0 unspecified atom stereocenters. The summed E-state index contributed by atoms with van der Waals surface area (Å²) in [4.78, 5) is 23.8. The Bertz CT molecular complexity index is 1280. The molecule has 0 saturated heterocycles. The number of ether oxygens (including phenoxy) is 1. The Morgan fingerprint density at radius 1 is 1.00 bits per heavy atom. The number of carboxylic acid groups (broad SMARTS) is 1. The standard InChI is InChI=1S/C25H17F3N2O4/c26-25(27,28)22-21(23(31)30(29-22)19-7-2-1-3-8-19)14-16-9-11-20(12-10-16)34-15-17-5-4-6-18(13-17)24(32)33/h1-14H,15H2,(H,32,33)/b21-14-. The number of rotatable bonds is 6. The molecule has 0 saturated carbocycles. The van der Waals surface area contributed by atoms with Gasteiger partial charge in [0.2, 0.25) is 0 Å². The average Bonchev–Trinajstić information content (AvgIpc) is 3.16. The molecule has 0 radical (unpaired) electrons. The van der Waals surface area contributed by atoms with Crippen LogP contribution in [0.3, 0.4) is 0 Å². The van der Waals surface area contributed by atoms with Crippen LogP contribution in [0, 0.1) is 0 Å². The van der Waals surface area contributed by atoms with Crippen LogP contribution in [0.4, 0.5) is 18.9 Å². The van der Waals surface area contributed by atoms with Gasteiger partial charge in [0.15, 0.2) is 5.71 Å². The smallest absolute Gasteiger partial charge is 0.435 e. The number of benzene rings is 3. The second-order valence-electron chi connectivity index (χ2n) is 7.32. The first-order chi connectivity index (χ1) is 16.2. The molecule has 1 N–H and O–H groups in total. The molecular formula is C25H17F3N2O4. The maximum atomic E-state index is 13.6. The summed E-state index contributed by atoms with van der Waals surface area (Å²) in [5.41, 5.74) is -0.454. The van der Waals surface area contributed by atoms with Gasteiger partial charge in [0.1, 0.15) is 12.4 Å². The number of hydrogen-bond donors (Lipinski definition) is 1. The molecule has 0 bridgehead atoms. The summed E-state index contributed by atoms with van der Waals surface area (Å²) >= 11 is 0. The number of anilines is 1. The van der Waals surface area contributed by atoms with Crippen molar-refractivity contribution >= 4 is 29.4 Å². The first kappa shape index (κ1) is 22.8. The van der Waals surface area contributed by atoms with Crippen molar-refractivity contribution in [2.45, 2.75) is 12.8 Å². The summed E-state index contributed by atoms with van der Waals surface area (Å²) < 4.78 is 46.3. The third-order valence-corrected chi connectivity index (χ3v) is 4.92. The third kappa shape index (κ3) is 4.98. The second kappa shape index (κ2) is 9.22. The monoisotopic (exact) mass is 466 g/mol. The first-order valence-corrected chi connectivity index (χ1v) is 10.0. The molecule has 0 aromatic heterocycles. The number of nitrogens with zero attached hydrogens (tertiary/aromatic N) is 2. The Morgan fingerprint density at radius 2 is 1.71 bits per heavy atom. The highest BCUT2D eigenvalue weighted by molar-refractivity contribution is 6.34. The highest BCUT2D eigenvalue weighted by Gasteiger charge is 2.46. The fourth-order valence-corrected chi connectivity index (χ4v) is 3.29. The van der Waals surface area contributed by atoms with E-state index in [2.05, 4.69) is 5.10 Å². The van der Waals surface area contributed by atoms with Crippen LogP contribution in [-0.2, 0) is 11.4 Å². The lowest BCUT2D eigenvalue weighted by Crippen LogP contribution is -2.25. The number of alkyl halides is 3. The lowest BCUT2D eigenvalue weighted by molar-refractivity contribution is -0.114. The predicted octanol–water partition coefficient (Wildman–Crippen LogP) is 5.31. The quantitative estimate of drug-likeness (QED) is 0.500. The van der Waals surface area contributed by atoms with Crippen LogP contribution in [0.1, 0.15) is 21.5 Å². The fraction of sp³-hybridized carbons (Fsp3) is 0.0800. The van der Waals surface area contributed by atoms with E-state index in [0.717, 1.165) is 11.1 Å². The number of amides is 1. The third-order valence-electron chi connectivity index (χ3n) is 4.92. The van der Waals surface area contributed by atoms with Crippen molar-refractivity contribution in [3.8, 4) is 5.75 Å². The van der Waals surface area contributed by atoms with Gasteiger partial charge in [-0.1, -0.05) is 42.5 Å². The van der Waals surface area contributed by atoms with Gasteiger partial charge in [0.05, 0.1) is 16.8 Å². The zero-order chi connectivity index (χ0) is 24.3. The topological polar surface area (TPSA) is 79.2 Å². The van der Waals surface area contributed by atoms with Crippen molar-refractivity contribution in [3.05, 3.63) is 101 Å². The highest BCUT2D eigenvalue weighted by Crippen LogP contribution is 2.32. The Morgan fingerprint density at radius 3 is 2.35 bits per heavy atom. The summed E-state index contributed by atoms with van der Waals surface area (Å²) in [6.07, 6.45) is -3.67. The van der Waals surface area contributed by atoms with Gasteiger partial charge in [0, 0.05) is 0 Å². The van der Waals surface area contributed by atoms with Crippen molar-refractivity contribution in [1.29, 1.82) is 0 Å². The Hall–Kier alpha value is -4.40. The van der Waals surface area contributed by atoms with E-state index in [1.807, 2.05) is 0 Å². The summed E-state index contributed by atoms with van der Waals surface area (Å²) in [6.45, 7) is 0.108. The van der Waals surface area contributed by atoms with E-state index < -0.39 is 29.3 Å². The molecule has 3 aromatic carbocycles. The maximum Gasteiger partial charge on any atom is 0.435 e. The first-order valence-electron chi connectivity index (χ1n) is 10.0. The number of carboxylic acids is 1. The molecule has 6 nitrogen and oxygen atoms in total. The fourth-order valence-electron chi connectivity index (χ4n) is 3.29. The molecule has 1 aliphatic rings. The number of hydrazone groups is 1. The van der Waals surface area contributed by atoms with Crippen molar-refractivity contribution in [2.75, 3.05) is 5.01 Å². The average molecular weight is 466 g/mol. The van der Waals surface area contributed by atoms with E-state index >= 15 is 0 Å². The normalized spacial score (nSPS) is 14.9. The predicted molar refractivity (Wildman–Crippen MR) is 120 cm³/mol. The Balaban J connectivity index is 1.53. The number of aromatic carboxylic acids is 1. The number of carbonyl (C=O) groups is 2. The lowest BCUT2D eigenvalue weighted by Gasteiger charge is -2.11. The van der Waals surface area contributed by atoms with Gasteiger partial charge in [-0.2, -0.15) is 23.3 Å². The molecule has 0 fully saturated rings. The van der Waals surface area contributed by atoms with Crippen LogP contribution in [0.25, 0.3) is 6.08 Å². The van der Waals surface area contributed by atoms with Crippen molar-refractivity contribution in [2.24, 2.45) is 5.10 Å². The largest absolute Gasteiger partial charge is 0.489 e. The van der Waals surface area contributed by atoms with Gasteiger partial charge >= 0.3 is 12.1 Å². The molecule has 1 amide bonds. The molecule has 172 valence electrons. The molecule has 3 aromatic rings. The molecule has 1 aliphatic heterocycles. The van der Waals surface area contributed by atoms with Gasteiger partial charge in [-0.05, 0) is 53.6 Å². The summed E-state index contributed by atoms with van der Waals surface area (Å²) in [6, 6.07) is 20.3. The molecule has 0 spiro atoms. The second-order valence-corrected chi connectivity index (χ2v) is 7.32. The van der Waals surface area contributed by atoms with E-state index in [4.69, 9.17) is 9.84 Å². The summed E-state index contributed by atoms with van der Waals surface area (Å²) in [7, 11) is 0. The molecule has 0 atom stereocenters. The maximum absolute atomic E-state index is 13.6. The van der Waals surface area contributed by atoms with Crippen LogP contribution in [0.2, 0.25) is 0 Å². The zero-order valence-electron chi connectivity index (χ0n) is 17.5. The lowest BCUT2D eigenvalue weighted by atomic mass is 10.1. The van der Waals surface area contributed by atoms with E-state index in [9.17, 15) is 22.8 Å². The highest BCUT2D eigenvalue weighted by atomic mass is 19.4. The van der Waals surface area contributed by atoms with Gasteiger partial charge in [-0.3, -0.25) is 4.79 Å². The van der Waals surface area contributed by atoms with Crippen molar-refractivity contribution in [3.63, 3.8) is 0 Å². The molecular weight excluding hydrogens is 449 g/mol. The molecule has 1 heterocycles. The molecule has 34 heavy (non-hydrogen) atoms. The van der Waals surface area contributed by atoms with Crippen LogP contribution in [-0.4, -0.2) is 28.9 Å².